The molecule has 2 aromatic carbocycles. The van der Waals surface area contributed by atoms with Crippen molar-refractivity contribution in [1.82, 2.24) is 68.3 Å². The third-order valence-electron chi connectivity index (χ3n) is 18.2. The Morgan fingerprint density at radius 1 is 0.447 bits per heavy atom. The van der Waals surface area contributed by atoms with E-state index in [-0.39, 0.29) is 68.8 Å². The van der Waals surface area contributed by atoms with Gasteiger partial charge in [0.2, 0.25) is 94.5 Å². The number of aromatic hydroxyl groups is 1. The molecule has 2 saturated heterocycles. The fourth-order valence-electron chi connectivity index (χ4n) is 12.2. The van der Waals surface area contributed by atoms with Crippen LogP contribution in [0.5, 0.6) is 5.75 Å². The number of hydrogen-bond donors (Lipinski definition) is 22. The summed E-state index contributed by atoms with van der Waals surface area (Å²) in [6, 6.07) is -8.39. The third-order valence-corrected chi connectivity index (χ3v) is 18.2. The van der Waals surface area contributed by atoms with Crippen molar-refractivity contribution >= 4 is 112 Å². The molecule has 4 rings (SSSR count). The molecular formula is C71H103N17O26. The second-order valence-electron chi connectivity index (χ2n) is 28.0. The van der Waals surface area contributed by atoms with Crippen molar-refractivity contribution in [3.63, 3.8) is 0 Å². The predicted molar refractivity (Wildman–Crippen MR) is 394 cm³/mol. The number of nitrogens with two attached hydrogens (primary N) is 4. The second kappa shape index (κ2) is 46.1. The third kappa shape index (κ3) is 31.3. The number of nitrogens with one attached hydrogen (secondary N) is 11. The van der Waals surface area contributed by atoms with E-state index in [1.54, 1.807) is 44.2 Å². The van der Waals surface area contributed by atoms with Gasteiger partial charge in [-0.05, 0) is 107 Å². The normalized spacial score (nSPS) is 17.2. The van der Waals surface area contributed by atoms with Gasteiger partial charge in [0, 0.05) is 45.2 Å². The number of amides is 16. The van der Waals surface area contributed by atoms with Crippen molar-refractivity contribution in [1.29, 1.82) is 0 Å². The van der Waals surface area contributed by atoms with E-state index in [1.165, 1.54) is 24.3 Å². The van der Waals surface area contributed by atoms with Crippen LogP contribution in [0.25, 0.3) is 0 Å². The summed E-state index contributed by atoms with van der Waals surface area (Å²) in [4.78, 5) is 256. The quantitative estimate of drug-likeness (QED) is 0.0293. The smallest absolute Gasteiger partial charge is 0.326 e. The number of likely N-dealkylation sites (tertiary alicyclic amines) is 2. The average molecular weight is 1610 g/mol. The number of aliphatic carboxylic acids is 3. The first-order valence-corrected chi connectivity index (χ1v) is 36.6. The Balaban J connectivity index is 1.55. The van der Waals surface area contributed by atoms with Crippen LogP contribution in [0.2, 0.25) is 0 Å². The molecule has 628 valence electrons. The van der Waals surface area contributed by atoms with Crippen LogP contribution in [0.1, 0.15) is 129 Å². The van der Waals surface area contributed by atoms with Gasteiger partial charge in [-0.3, -0.25) is 86.3 Å². The van der Waals surface area contributed by atoms with E-state index < -0.39 is 281 Å². The summed E-state index contributed by atoms with van der Waals surface area (Å²) in [6.45, 7) is 2.96. The van der Waals surface area contributed by atoms with Gasteiger partial charge < -0.3 is 127 Å². The maximum Gasteiger partial charge on any atom is 0.326 e. The topological polar surface area (TPSA) is 709 Å². The van der Waals surface area contributed by atoms with Gasteiger partial charge in [0.25, 0.3) is 0 Å². The zero-order chi connectivity index (χ0) is 85.4. The van der Waals surface area contributed by atoms with Crippen LogP contribution >= 0.6 is 0 Å². The molecule has 114 heavy (non-hydrogen) atoms. The highest BCUT2D eigenvalue weighted by Gasteiger charge is 2.44. The second-order valence-corrected chi connectivity index (χ2v) is 28.0. The minimum Gasteiger partial charge on any atom is -0.508 e. The Hall–Kier alpha value is -12.0. The lowest BCUT2D eigenvalue weighted by atomic mass is 10.0. The molecule has 0 aromatic heterocycles. The molecule has 0 bridgehead atoms. The van der Waals surface area contributed by atoms with Crippen LogP contribution in [0.4, 0.5) is 0 Å². The first-order chi connectivity index (χ1) is 53.6. The predicted octanol–water partition coefficient (Wildman–Crippen LogP) is -8.53. The number of carbonyl (C=O) groups excluding carboxylic acids is 16. The van der Waals surface area contributed by atoms with Crippen LogP contribution in [-0.4, -0.2) is 275 Å². The van der Waals surface area contributed by atoms with Crippen molar-refractivity contribution in [3.05, 3.63) is 65.7 Å². The molecule has 0 saturated carbocycles. The van der Waals surface area contributed by atoms with Gasteiger partial charge in [0.1, 0.15) is 78.3 Å². The number of rotatable bonds is 48. The molecule has 0 unspecified atom stereocenters. The van der Waals surface area contributed by atoms with E-state index in [2.05, 4.69) is 58.5 Å². The molecule has 0 spiro atoms. The minimum atomic E-state index is -2.03. The molecule has 2 aliphatic rings. The monoisotopic (exact) mass is 1610 g/mol. The van der Waals surface area contributed by atoms with Gasteiger partial charge in [-0.15, -0.1) is 0 Å². The van der Waals surface area contributed by atoms with Crippen molar-refractivity contribution in [2.45, 2.75) is 221 Å². The van der Waals surface area contributed by atoms with Crippen molar-refractivity contribution < 1.29 is 127 Å². The summed E-state index contributed by atoms with van der Waals surface area (Å²) in [5.41, 5.74) is 23.3. The molecular weight excluding hydrogens is 1510 g/mol. The number of hydrogen-bond acceptors (Lipinski definition) is 24. The number of carbonyl (C=O) groups is 19. The number of nitrogens with zero attached hydrogens (tertiary/aromatic N) is 2. The van der Waals surface area contributed by atoms with Crippen molar-refractivity contribution in [2.24, 2.45) is 28.9 Å². The molecule has 43 heteroatoms. The van der Waals surface area contributed by atoms with Crippen LogP contribution in [0.15, 0.2) is 54.6 Å². The highest BCUT2D eigenvalue weighted by Crippen LogP contribution is 2.23. The van der Waals surface area contributed by atoms with Gasteiger partial charge >= 0.3 is 17.9 Å². The number of benzene rings is 2. The first-order valence-electron chi connectivity index (χ1n) is 36.6. The number of carboxylic acids is 3. The van der Waals surface area contributed by atoms with Crippen LogP contribution in [0, 0.1) is 5.92 Å². The fourth-order valence-corrected chi connectivity index (χ4v) is 12.2. The van der Waals surface area contributed by atoms with Crippen molar-refractivity contribution in [3.8, 4) is 5.75 Å². The molecule has 26 N–H and O–H groups in total. The van der Waals surface area contributed by atoms with E-state index in [1.807, 2.05) is 0 Å². The Labute approximate surface area is 653 Å². The van der Waals surface area contributed by atoms with Crippen molar-refractivity contribution in [2.75, 3.05) is 26.2 Å². The standard InChI is InChI=1S/C71H103N17O26/c1-34(2)28-47(71(113)114)83-63(105)46(31-53(75)95)82-60(102)41(20-24-55(97)98)77-54(96)32-76-65(107)49-12-8-26-87(49)69(111)43(19-23-52(74)94)79-62(104)45(30-38-14-16-39(92)17-15-38)81-61(103)42(18-22-51(73)93)78-66(108)50-13-9-27-88(50)70(112)44(21-25-56(99)100)80-67(109)58(36(4)91)86-64(106)48(33-89)84-68(110)57(35(3)90)85-59(101)40(72)29-37-10-6-5-7-11-37/h5-7,10-11,14-17,34-36,40-50,57-58,89-92H,8-9,12-13,18-33,72H2,1-4H3,(H2,73,93)(H2,74,94)(H2,75,95)(H,76,107)(H,77,96)(H,78,108)(H,79,104)(H,80,109)(H,81,103)(H,82,102)(H,83,105)(H,84,110)(H,85,101)(H,86,106)(H,97,98)(H,99,100)(H,113,114)/t35-,36-,40+,41+,42+,43+,44+,45+,46+,47+,48+,49+,50+,57+,58+/m1/s1. The molecule has 2 heterocycles. The van der Waals surface area contributed by atoms with E-state index in [4.69, 9.17) is 22.9 Å². The molecule has 2 aliphatic heterocycles. The van der Waals surface area contributed by atoms with Gasteiger partial charge in [-0.1, -0.05) is 56.3 Å². The maximum absolute atomic E-state index is 14.7. The van der Waals surface area contributed by atoms with Gasteiger partial charge in [-0.2, -0.15) is 0 Å². The average Bonchev–Trinajstić information content (AvgIpc) is 1.52. The molecule has 2 aromatic rings. The lowest BCUT2D eigenvalue weighted by molar-refractivity contribution is -0.144. The molecule has 0 radical (unpaired) electrons. The summed E-state index contributed by atoms with van der Waals surface area (Å²) in [7, 11) is 0. The van der Waals surface area contributed by atoms with E-state index >= 15 is 0 Å². The van der Waals surface area contributed by atoms with Gasteiger partial charge in [0.15, 0.2) is 0 Å². The van der Waals surface area contributed by atoms with Crippen LogP contribution in [-0.2, 0) is 104 Å². The minimum absolute atomic E-state index is 0.0249. The summed E-state index contributed by atoms with van der Waals surface area (Å²) < 4.78 is 0. The van der Waals surface area contributed by atoms with E-state index in [0.29, 0.717) is 5.56 Å². The largest absolute Gasteiger partial charge is 0.508 e. The highest BCUT2D eigenvalue weighted by atomic mass is 16.4. The van der Waals surface area contributed by atoms with E-state index in [9.17, 15) is 127 Å². The molecule has 43 nitrogen and oxygen atoms in total. The highest BCUT2D eigenvalue weighted by molar-refractivity contribution is 6.01. The van der Waals surface area contributed by atoms with Gasteiger partial charge in [-0.25, -0.2) is 4.79 Å². The SMILES string of the molecule is CC(C)C[C@H](NC(=O)[C@H](CC(N)=O)NC(=O)[C@H](CCC(=O)O)NC(=O)CNC(=O)[C@@H]1CCCN1C(=O)[C@H](CCC(N)=O)NC(=O)[C@H](Cc1ccc(O)cc1)NC(=O)[C@H](CCC(N)=O)NC(=O)[C@@H]1CCCN1C(=O)[C@H](CCC(=O)O)NC(=O)[C@@H](NC(=O)[C@H](CO)NC(=O)[C@@H](NC(=O)[C@@H](N)Cc1ccccc1)[C@@H](C)O)[C@@H](C)O)C(=O)O. The lowest BCUT2D eigenvalue weighted by Crippen LogP contribution is -2.63. The van der Waals surface area contributed by atoms with E-state index in [0.717, 1.165) is 23.6 Å². The van der Waals surface area contributed by atoms with Crippen LogP contribution in [0.3, 0.4) is 0 Å². The summed E-state index contributed by atoms with van der Waals surface area (Å²) in [5.74, 6) is -22.6. The fraction of sp³-hybridized carbons (Fsp3) is 0.563. The first kappa shape index (κ1) is 94.4. The summed E-state index contributed by atoms with van der Waals surface area (Å²) in [6.07, 6.45) is -9.96. The Morgan fingerprint density at radius 2 is 0.860 bits per heavy atom. The Kier molecular flexibility index (Phi) is 38.2. The summed E-state index contributed by atoms with van der Waals surface area (Å²) >= 11 is 0. The number of primary amides is 3. The molecule has 16 amide bonds. The summed E-state index contributed by atoms with van der Waals surface area (Å²) in [5, 5.41) is 95.7. The zero-order valence-electron chi connectivity index (χ0n) is 63.2. The molecule has 15 atom stereocenters. The Bertz CT molecular complexity index is 3790. The van der Waals surface area contributed by atoms with Crippen LogP contribution < -0.4 is 81.4 Å². The number of aliphatic hydroxyl groups is 3. The maximum atomic E-state index is 14.7. The number of carboxylic acid groups (broad SMARTS) is 3. The number of phenolic OH excluding ortho intramolecular Hbond substituents is 1. The molecule has 2 fully saturated rings. The zero-order valence-corrected chi connectivity index (χ0v) is 63.2. The lowest BCUT2D eigenvalue weighted by Gasteiger charge is -2.31. The van der Waals surface area contributed by atoms with Gasteiger partial charge in [0.05, 0.1) is 37.8 Å². The number of aliphatic hydroxyl groups excluding tert-OH is 3. The molecule has 0 aliphatic carbocycles. The Morgan fingerprint density at radius 3 is 1.34 bits per heavy atom. The number of phenols is 1.